The summed E-state index contributed by atoms with van der Waals surface area (Å²) in [5, 5.41) is 14.3. The monoisotopic (exact) mass is 486 g/mol. The number of hydrogen-bond donors (Lipinski definition) is 2. The first-order valence-corrected chi connectivity index (χ1v) is 12.5. The van der Waals surface area contributed by atoms with Gasteiger partial charge in [0.1, 0.15) is 17.1 Å². The van der Waals surface area contributed by atoms with Gasteiger partial charge in [-0.15, -0.1) is 0 Å². The van der Waals surface area contributed by atoms with Crippen molar-refractivity contribution in [2.75, 3.05) is 43.4 Å². The molecule has 2 fully saturated rings. The second-order valence-corrected chi connectivity index (χ2v) is 9.69. The highest BCUT2D eigenvalue weighted by Crippen LogP contribution is 2.41. The van der Waals surface area contributed by atoms with Crippen LogP contribution in [-0.4, -0.2) is 58.2 Å². The number of rotatable bonds is 6. The van der Waals surface area contributed by atoms with Gasteiger partial charge in [0.05, 0.1) is 11.8 Å². The topological polar surface area (TPSA) is 104 Å². The lowest BCUT2D eigenvalue weighted by Gasteiger charge is -2.34. The number of piperazine rings is 1. The molecule has 1 aromatic carbocycles. The lowest BCUT2D eigenvalue weighted by molar-refractivity contribution is 0.0225. The van der Waals surface area contributed by atoms with Crippen molar-refractivity contribution in [3.05, 3.63) is 60.9 Å². The summed E-state index contributed by atoms with van der Waals surface area (Å²) in [5.41, 5.74) is 2.44. The van der Waals surface area contributed by atoms with Gasteiger partial charge in [0.2, 0.25) is 5.95 Å². The van der Waals surface area contributed by atoms with E-state index in [1.54, 1.807) is 12.4 Å². The zero-order valence-electron chi connectivity index (χ0n) is 20.4. The summed E-state index contributed by atoms with van der Waals surface area (Å²) in [4.78, 5) is 18.1. The van der Waals surface area contributed by atoms with Crippen LogP contribution in [0.15, 0.2) is 64.0 Å². The van der Waals surface area contributed by atoms with Gasteiger partial charge in [-0.2, -0.15) is 0 Å². The summed E-state index contributed by atoms with van der Waals surface area (Å²) >= 11 is 0. The number of aliphatic hydroxyl groups is 1. The van der Waals surface area contributed by atoms with Crippen LogP contribution in [0.25, 0.3) is 22.8 Å². The van der Waals surface area contributed by atoms with Crippen molar-refractivity contribution in [3.63, 3.8) is 0 Å². The van der Waals surface area contributed by atoms with Crippen molar-refractivity contribution >= 4 is 17.3 Å². The molecule has 1 saturated heterocycles. The van der Waals surface area contributed by atoms with Gasteiger partial charge in [-0.05, 0) is 69.1 Å². The van der Waals surface area contributed by atoms with E-state index < -0.39 is 5.60 Å². The van der Waals surface area contributed by atoms with Gasteiger partial charge in [-0.25, -0.2) is 15.0 Å². The molecule has 0 spiro atoms. The van der Waals surface area contributed by atoms with Crippen molar-refractivity contribution in [2.24, 2.45) is 0 Å². The fourth-order valence-corrected chi connectivity index (χ4v) is 5.03. The van der Waals surface area contributed by atoms with E-state index in [-0.39, 0.29) is 0 Å². The Hall–Kier alpha value is -3.69. The van der Waals surface area contributed by atoms with E-state index in [1.165, 1.54) is 12.1 Å². The van der Waals surface area contributed by atoms with E-state index in [1.807, 2.05) is 24.3 Å². The Bertz CT molecular complexity index is 1300. The molecule has 0 radical (unpaired) electrons. The largest absolute Gasteiger partial charge is 0.456 e. The Morgan fingerprint density at radius 2 is 1.72 bits per heavy atom. The molecule has 2 aliphatic rings. The van der Waals surface area contributed by atoms with E-state index in [9.17, 15) is 5.11 Å². The molecule has 1 saturated carbocycles. The van der Waals surface area contributed by atoms with Crippen LogP contribution in [-0.2, 0) is 5.60 Å². The SMILES string of the molecule is CN1CCN(c2ccc(Nc3ncc(-c4cnco4)c(-c4ccc(C5(O)CCCC5)o4)n3)cc2)CC1. The molecule has 0 bridgehead atoms. The molecular formula is C27H30N6O3. The highest BCUT2D eigenvalue weighted by atomic mass is 16.4. The van der Waals surface area contributed by atoms with Gasteiger partial charge in [0, 0.05) is 43.8 Å². The Balaban J connectivity index is 1.27. The van der Waals surface area contributed by atoms with Crippen LogP contribution in [0.4, 0.5) is 17.3 Å². The molecule has 6 rings (SSSR count). The number of oxazole rings is 1. The number of nitrogens with zero attached hydrogens (tertiary/aromatic N) is 5. The summed E-state index contributed by atoms with van der Waals surface area (Å²) in [6.45, 7) is 4.19. The number of hydrogen-bond acceptors (Lipinski definition) is 9. The Morgan fingerprint density at radius 3 is 2.44 bits per heavy atom. The molecule has 0 atom stereocenters. The second kappa shape index (κ2) is 9.40. The predicted octanol–water partition coefficient (Wildman–Crippen LogP) is 4.65. The summed E-state index contributed by atoms with van der Waals surface area (Å²) in [5.74, 6) is 2.11. The maximum atomic E-state index is 11.0. The van der Waals surface area contributed by atoms with Crippen LogP contribution in [0.1, 0.15) is 31.4 Å². The molecule has 3 aromatic heterocycles. The Kier molecular flexibility index (Phi) is 5.94. The zero-order valence-corrected chi connectivity index (χ0v) is 20.4. The zero-order chi connectivity index (χ0) is 24.5. The lowest BCUT2D eigenvalue weighted by Crippen LogP contribution is -2.44. The van der Waals surface area contributed by atoms with E-state index in [2.05, 4.69) is 44.3 Å². The average molecular weight is 487 g/mol. The first-order chi connectivity index (χ1) is 17.6. The van der Waals surface area contributed by atoms with E-state index in [0.717, 1.165) is 44.7 Å². The molecular weight excluding hydrogens is 456 g/mol. The van der Waals surface area contributed by atoms with Crippen molar-refractivity contribution in [2.45, 2.75) is 31.3 Å². The van der Waals surface area contributed by atoms with E-state index >= 15 is 0 Å². The van der Waals surface area contributed by atoms with Gasteiger partial charge in [-0.1, -0.05) is 0 Å². The number of aromatic nitrogens is 3. The first kappa shape index (κ1) is 22.8. The Labute approximate surface area is 209 Å². The molecule has 186 valence electrons. The average Bonchev–Trinajstić information content (AvgIpc) is 3.68. The molecule has 36 heavy (non-hydrogen) atoms. The third-order valence-corrected chi connectivity index (χ3v) is 7.21. The smallest absolute Gasteiger partial charge is 0.227 e. The van der Waals surface area contributed by atoms with Gasteiger partial charge >= 0.3 is 0 Å². The maximum absolute atomic E-state index is 11.0. The third kappa shape index (κ3) is 4.47. The van der Waals surface area contributed by atoms with E-state index in [4.69, 9.17) is 13.8 Å². The highest BCUT2D eigenvalue weighted by molar-refractivity contribution is 5.76. The molecule has 1 aliphatic carbocycles. The molecule has 9 heteroatoms. The number of nitrogens with one attached hydrogen (secondary N) is 1. The standard InChI is InChI=1S/C27H30N6O3/c1-32-12-14-33(15-13-32)20-6-4-19(5-7-20)30-26-29-16-21(23-17-28-18-35-23)25(31-26)22-8-9-24(36-22)27(34)10-2-3-11-27/h4-9,16-18,34H,2-3,10-15H2,1H3,(H,29,30,31). The molecule has 9 nitrogen and oxygen atoms in total. The summed E-state index contributed by atoms with van der Waals surface area (Å²) in [6, 6.07) is 12.0. The van der Waals surface area contributed by atoms with Crippen LogP contribution in [0.2, 0.25) is 0 Å². The van der Waals surface area contributed by atoms with Crippen molar-refractivity contribution in [1.29, 1.82) is 0 Å². The van der Waals surface area contributed by atoms with Gasteiger partial charge < -0.3 is 29.1 Å². The Morgan fingerprint density at radius 1 is 0.944 bits per heavy atom. The molecule has 4 aromatic rings. The molecule has 0 unspecified atom stereocenters. The molecule has 0 amide bonds. The quantitative estimate of drug-likeness (QED) is 0.403. The van der Waals surface area contributed by atoms with Crippen molar-refractivity contribution in [3.8, 4) is 22.8 Å². The lowest BCUT2D eigenvalue weighted by atomic mass is 10.00. The van der Waals surface area contributed by atoms with Gasteiger partial charge in [0.25, 0.3) is 0 Å². The molecule has 1 aliphatic heterocycles. The minimum atomic E-state index is -0.912. The number of likely N-dealkylation sites (N-methyl/N-ethyl adjacent to an activating group) is 1. The highest BCUT2D eigenvalue weighted by Gasteiger charge is 2.36. The minimum Gasteiger partial charge on any atom is -0.456 e. The number of benzene rings is 1. The number of anilines is 3. The minimum absolute atomic E-state index is 0.443. The molecule has 4 heterocycles. The fourth-order valence-electron chi connectivity index (χ4n) is 5.03. The predicted molar refractivity (Wildman–Crippen MR) is 137 cm³/mol. The van der Waals surface area contributed by atoms with Crippen molar-refractivity contribution < 1.29 is 13.9 Å². The maximum Gasteiger partial charge on any atom is 0.227 e. The van der Waals surface area contributed by atoms with E-state index in [0.29, 0.717) is 47.3 Å². The van der Waals surface area contributed by atoms with Crippen LogP contribution in [0.3, 0.4) is 0 Å². The molecule has 2 N–H and O–H groups in total. The summed E-state index contributed by atoms with van der Waals surface area (Å²) in [7, 11) is 2.16. The van der Waals surface area contributed by atoms with Crippen LogP contribution < -0.4 is 10.2 Å². The van der Waals surface area contributed by atoms with Gasteiger partial charge in [-0.3, -0.25) is 0 Å². The normalized spacial score (nSPS) is 18.0. The summed E-state index contributed by atoms with van der Waals surface area (Å²) in [6.07, 6.45) is 8.10. The van der Waals surface area contributed by atoms with Crippen molar-refractivity contribution in [1.82, 2.24) is 19.9 Å². The fraction of sp³-hybridized carbons (Fsp3) is 0.370. The number of furan rings is 1. The van der Waals surface area contributed by atoms with Gasteiger partial charge in [0.15, 0.2) is 17.9 Å². The van der Waals surface area contributed by atoms with Crippen LogP contribution in [0, 0.1) is 0 Å². The second-order valence-electron chi connectivity index (χ2n) is 9.69. The summed E-state index contributed by atoms with van der Waals surface area (Å²) < 4.78 is 11.7. The van der Waals surface area contributed by atoms with Crippen LogP contribution in [0.5, 0.6) is 0 Å². The first-order valence-electron chi connectivity index (χ1n) is 12.5. The van der Waals surface area contributed by atoms with Crippen LogP contribution >= 0.6 is 0 Å². The third-order valence-electron chi connectivity index (χ3n) is 7.21.